The number of hydrogen-bond acceptors (Lipinski definition) is 4. The van der Waals surface area contributed by atoms with Crippen LogP contribution in [0.15, 0.2) is 24.3 Å². The lowest BCUT2D eigenvalue weighted by Crippen LogP contribution is -2.40. The van der Waals surface area contributed by atoms with E-state index >= 15 is 0 Å². The Labute approximate surface area is 133 Å². The van der Waals surface area contributed by atoms with Gasteiger partial charge < -0.3 is 4.74 Å². The predicted molar refractivity (Wildman–Crippen MR) is 87.6 cm³/mol. The maximum atomic E-state index is 11.8. The molecule has 0 spiro atoms. The Morgan fingerprint density at radius 1 is 1.23 bits per heavy atom. The molecule has 4 nitrogen and oxygen atoms in total. The molecule has 1 aromatic rings. The van der Waals surface area contributed by atoms with E-state index in [-0.39, 0.29) is 12.1 Å². The molecule has 22 heavy (non-hydrogen) atoms. The Kier molecular flexibility index (Phi) is 4.85. The normalized spacial score (nSPS) is 27.5. The summed E-state index contributed by atoms with van der Waals surface area (Å²) in [5.41, 5.74) is 2.49. The maximum absolute atomic E-state index is 11.8. The molecule has 2 atom stereocenters. The number of benzene rings is 1. The van der Waals surface area contributed by atoms with Gasteiger partial charge in [-0.15, -0.1) is 0 Å². The van der Waals surface area contributed by atoms with Crippen molar-refractivity contribution in [1.29, 1.82) is 0 Å². The summed E-state index contributed by atoms with van der Waals surface area (Å²) in [6.07, 6.45) is 3.21. The second kappa shape index (κ2) is 6.69. The molecule has 1 aromatic carbocycles. The van der Waals surface area contributed by atoms with Gasteiger partial charge in [-0.1, -0.05) is 29.8 Å². The predicted octanol–water partition coefficient (Wildman–Crippen LogP) is 2.16. The number of rotatable bonds is 5. The Morgan fingerprint density at radius 2 is 2.00 bits per heavy atom. The molecule has 0 aromatic heterocycles. The van der Waals surface area contributed by atoms with E-state index in [1.54, 1.807) is 0 Å². The molecule has 0 amide bonds. The fourth-order valence-electron chi connectivity index (χ4n) is 3.38. The van der Waals surface area contributed by atoms with Crippen LogP contribution < -0.4 is 0 Å². The maximum Gasteiger partial charge on any atom is 0.151 e. The highest BCUT2D eigenvalue weighted by Crippen LogP contribution is 2.23. The molecule has 0 radical (unpaired) electrons. The fourth-order valence-corrected chi connectivity index (χ4v) is 5.15. The number of aryl methyl sites for hydroxylation is 1. The first-order valence-electron chi connectivity index (χ1n) is 8.13. The van der Waals surface area contributed by atoms with E-state index in [1.165, 1.54) is 11.1 Å². The molecule has 0 bridgehead atoms. The van der Waals surface area contributed by atoms with E-state index in [1.807, 2.05) is 0 Å². The molecule has 2 aliphatic rings. The first-order valence-corrected chi connectivity index (χ1v) is 9.95. The average molecular weight is 323 g/mol. The van der Waals surface area contributed by atoms with E-state index in [0.29, 0.717) is 11.5 Å². The fraction of sp³-hybridized carbons (Fsp3) is 0.647. The minimum Gasteiger partial charge on any atom is -0.377 e. The number of nitrogens with zero attached hydrogens (tertiary/aromatic N) is 1. The van der Waals surface area contributed by atoms with Crippen molar-refractivity contribution in [3.8, 4) is 0 Å². The van der Waals surface area contributed by atoms with Gasteiger partial charge in [-0.05, 0) is 31.7 Å². The average Bonchev–Trinajstić information content (AvgIpc) is 3.10. The van der Waals surface area contributed by atoms with Gasteiger partial charge in [0.25, 0.3) is 0 Å². The van der Waals surface area contributed by atoms with Crippen LogP contribution in [0.5, 0.6) is 0 Å². The summed E-state index contributed by atoms with van der Waals surface area (Å²) in [5, 5.41) is 0. The van der Waals surface area contributed by atoms with Crippen LogP contribution in [-0.2, 0) is 21.1 Å². The van der Waals surface area contributed by atoms with E-state index in [9.17, 15) is 8.42 Å². The summed E-state index contributed by atoms with van der Waals surface area (Å²) < 4.78 is 29.4. The van der Waals surface area contributed by atoms with Gasteiger partial charge in [-0.25, -0.2) is 8.42 Å². The highest BCUT2D eigenvalue weighted by Gasteiger charge is 2.33. The monoisotopic (exact) mass is 323 g/mol. The number of sulfone groups is 1. The van der Waals surface area contributed by atoms with Gasteiger partial charge >= 0.3 is 0 Å². The van der Waals surface area contributed by atoms with Crippen LogP contribution >= 0.6 is 0 Å². The van der Waals surface area contributed by atoms with Crippen LogP contribution in [0.2, 0.25) is 0 Å². The topological polar surface area (TPSA) is 46.6 Å². The van der Waals surface area contributed by atoms with Crippen LogP contribution in [0.25, 0.3) is 0 Å². The van der Waals surface area contributed by atoms with Crippen LogP contribution in [0.4, 0.5) is 0 Å². The number of hydrogen-bond donors (Lipinski definition) is 0. The Hall–Kier alpha value is -0.910. The van der Waals surface area contributed by atoms with Gasteiger partial charge in [0.05, 0.1) is 17.6 Å². The van der Waals surface area contributed by atoms with Crippen molar-refractivity contribution in [2.75, 3.05) is 24.7 Å². The van der Waals surface area contributed by atoms with Crippen molar-refractivity contribution < 1.29 is 13.2 Å². The minimum atomic E-state index is -2.86. The summed E-state index contributed by atoms with van der Waals surface area (Å²) in [6.45, 7) is 4.57. The summed E-state index contributed by atoms with van der Waals surface area (Å²) in [6, 6.07) is 8.65. The molecule has 2 heterocycles. The molecule has 122 valence electrons. The molecular weight excluding hydrogens is 298 g/mol. The summed E-state index contributed by atoms with van der Waals surface area (Å²) in [4.78, 5) is 2.32. The van der Waals surface area contributed by atoms with Gasteiger partial charge in [0.2, 0.25) is 0 Å². The molecular formula is C17H25NO3S. The van der Waals surface area contributed by atoms with Gasteiger partial charge in [0.1, 0.15) is 0 Å². The van der Waals surface area contributed by atoms with Crippen molar-refractivity contribution >= 4 is 9.84 Å². The zero-order valence-corrected chi connectivity index (χ0v) is 14.0. The summed E-state index contributed by atoms with van der Waals surface area (Å²) in [7, 11) is -2.86. The van der Waals surface area contributed by atoms with Gasteiger partial charge in [-0.3, -0.25) is 4.90 Å². The molecule has 5 heteroatoms. The van der Waals surface area contributed by atoms with E-state index in [4.69, 9.17) is 4.74 Å². The molecule has 2 fully saturated rings. The van der Waals surface area contributed by atoms with Crippen molar-refractivity contribution in [2.45, 2.75) is 44.9 Å². The SMILES string of the molecule is Cc1ccc(CN(C[C@@H]2CCCO2)[C@@H]2CCS(=O)(=O)C2)cc1. The summed E-state index contributed by atoms with van der Waals surface area (Å²) in [5.74, 6) is 0.624. The van der Waals surface area contributed by atoms with Crippen LogP contribution in [0.1, 0.15) is 30.4 Å². The van der Waals surface area contributed by atoms with Crippen LogP contribution in [0, 0.1) is 6.92 Å². The van der Waals surface area contributed by atoms with E-state index in [0.717, 1.165) is 39.0 Å². The van der Waals surface area contributed by atoms with Gasteiger partial charge in [0.15, 0.2) is 9.84 Å². The molecule has 3 rings (SSSR count). The molecule has 0 N–H and O–H groups in total. The lowest BCUT2D eigenvalue weighted by molar-refractivity contribution is 0.0574. The first-order chi connectivity index (χ1) is 10.5. The molecule has 0 aliphatic carbocycles. The lowest BCUT2D eigenvalue weighted by Gasteiger charge is -2.30. The first kappa shape index (κ1) is 16.0. The quantitative estimate of drug-likeness (QED) is 0.833. The van der Waals surface area contributed by atoms with Crippen molar-refractivity contribution in [3.05, 3.63) is 35.4 Å². The highest BCUT2D eigenvalue weighted by molar-refractivity contribution is 7.91. The van der Waals surface area contributed by atoms with E-state index < -0.39 is 9.84 Å². The molecule has 2 saturated heterocycles. The van der Waals surface area contributed by atoms with Gasteiger partial charge in [0, 0.05) is 25.7 Å². The molecule has 0 saturated carbocycles. The molecule has 0 unspecified atom stereocenters. The Morgan fingerprint density at radius 3 is 2.59 bits per heavy atom. The van der Waals surface area contributed by atoms with Crippen molar-refractivity contribution in [1.82, 2.24) is 4.90 Å². The molecule has 2 aliphatic heterocycles. The smallest absolute Gasteiger partial charge is 0.151 e. The third kappa shape index (κ3) is 4.09. The zero-order chi connectivity index (χ0) is 15.6. The minimum absolute atomic E-state index is 0.135. The standard InChI is InChI=1S/C17H25NO3S/c1-14-4-6-15(7-5-14)11-18(12-17-3-2-9-21-17)16-8-10-22(19,20)13-16/h4-7,16-17H,2-3,8-13H2,1H3/t16-,17+/m1/s1. The van der Waals surface area contributed by atoms with Crippen molar-refractivity contribution in [3.63, 3.8) is 0 Å². The van der Waals surface area contributed by atoms with Crippen LogP contribution in [0.3, 0.4) is 0 Å². The Bertz CT molecular complexity index is 591. The number of ether oxygens (including phenoxy) is 1. The van der Waals surface area contributed by atoms with E-state index in [2.05, 4.69) is 36.1 Å². The summed E-state index contributed by atoms with van der Waals surface area (Å²) >= 11 is 0. The third-order valence-corrected chi connectivity index (χ3v) is 6.44. The Balaban J connectivity index is 1.71. The lowest BCUT2D eigenvalue weighted by atomic mass is 10.1. The van der Waals surface area contributed by atoms with Gasteiger partial charge in [-0.2, -0.15) is 0 Å². The third-order valence-electron chi connectivity index (χ3n) is 4.69. The highest BCUT2D eigenvalue weighted by atomic mass is 32.2. The largest absolute Gasteiger partial charge is 0.377 e. The zero-order valence-electron chi connectivity index (χ0n) is 13.2. The second-order valence-corrected chi connectivity index (χ2v) is 8.84. The van der Waals surface area contributed by atoms with Crippen LogP contribution in [-0.4, -0.2) is 50.1 Å². The van der Waals surface area contributed by atoms with Crippen molar-refractivity contribution in [2.24, 2.45) is 0 Å². The second-order valence-electron chi connectivity index (χ2n) is 6.61.